The van der Waals surface area contributed by atoms with Gasteiger partial charge in [0.25, 0.3) is 0 Å². The third-order valence-corrected chi connectivity index (χ3v) is 2.56. The highest BCUT2D eigenvalue weighted by atomic mass is 16.2. The van der Waals surface area contributed by atoms with Gasteiger partial charge < -0.3 is 10.6 Å². The Morgan fingerprint density at radius 1 is 1.57 bits per heavy atom. The smallest absolute Gasteiger partial charge is 0.224 e. The van der Waals surface area contributed by atoms with Crippen LogP contribution in [-0.4, -0.2) is 29.4 Å². The van der Waals surface area contributed by atoms with Crippen LogP contribution in [0.15, 0.2) is 0 Å². The molecule has 14 heavy (non-hydrogen) atoms. The van der Waals surface area contributed by atoms with Gasteiger partial charge in [-0.2, -0.15) is 0 Å². The molecule has 0 aromatic heterocycles. The van der Waals surface area contributed by atoms with Gasteiger partial charge in [-0.15, -0.1) is 0 Å². The van der Waals surface area contributed by atoms with Crippen LogP contribution in [0.2, 0.25) is 0 Å². The van der Waals surface area contributed by atoms with Crippen molar-refractivity contribution < 1.29 is 4.79 Å². The first-order chi connectivity index (χ1) is 6.65. The van der Waals surface area contributed by atoms with E-state index in [1.54, 1.807) is 0 Å². The molecule has 0 saturated heterocycles. The number of rotatable bonds is 6. The largest absolute Gasteiger partial charge is 0.340 e. The standard InChI is InChI=1S/C11H22N2O/c1-3-4-7-13(10-5-6-10)11(14)8-9(2)12/h9-10H,3-8,12H2,1-2H3. The van der Waals surface area contributed by atoms with Gasteiger partial charge in [-0.3, -0.25) is 4.79 Å². The van der Waals surface area contributed by atoms with E-state index in [0.29, 0.717) is 12.5 Å². The minimum Gasteiger partial charge on any atom is -0.340 e. The second-order valence-corrected chi connectivity index (χ2v) is 4.35. The summed E-state index contributed by atoms with van der Waals surface area (Å²) < 4.78 is 0. The predicted molar refractivity (Wildman–Crippen MR) is 57.9 cm³/mol. The Hall–Kier alpha value is -0.570. The van der Waals surface area contributed by atoms with Gasteiger partial charge in [-0.05, 0) is 26.2 Å². The summed E-state index contributed by atoms with van der Waals surface area (Å²) in [6.45, 7) is 4.97. The molecule has 0 aliphatic heterocycles. The number of nitrogens with two attached hydrogens (primary N) is 1. The summed E-state index contributed by atoms with van der Waals surface area (Å²) in [6, 6.07) is 0.526. The van der Waals surface area contributed by atoms with Crippen molar-refractivity contribution in [2.24, 2.45) is 5.73 Å². The SMILES string of the molecule is CCCCN(C(=O)CC(C)N)C1CC1. The molecule has 0 spiro atoms. The molecular formula is C11H22N2O. The third kappa shape index (κ3) is 3.66. The van der Waals surface area contributed by atoms with E-state index in [4.69, 9.17) is 5.73 Å². The Kier molecular flexibility index (Phi) is 4.39. The monoisotopic (exact) mass is 198 g/mol. The van der Waals surface area contributed by atoms with Gasteiger partial charge in [-0.25, -0.2) is 0 Å². The second kappa shape index (κ2) is 5.35. The molecule has 1 aliphatic carbocycles. The van der Waals surface area contributed by atoms with Gasteiger partial charge in [0.15, 0.2) is 0 Å². The van der Waals surface area contributed by atoms with E-state index >= 15 is 0 Å². The maximum absolute atomic E-state index is 11.8. The van der Waals surface area contributed by atoms with Crippen molar-refractivity contribution in [1.29, 1.82) is 0 Å². The number of amides is 1. The van der Waals surface area contributed by atoms with E-state index in [1.165, 1.54) is 12.8 Å². The zero-order valence-corrected chi connectivity index (χ0v) is 9.33. The number of carbonyl (C=O) groups excluding carboxylic acids is 1. The van der Waals surface area contributed by atoms with E-state index in [2.05, 4.69) is 6.92 Å². The molecule has 1 aliphatic rings. The lowest BCUT2D eigenvalue weighted by atomic mass is 10.2. The Balaban J connectivity index is 2.36. The topological polar surface area (TPSA) is 46.3 Å². The molecule has 0 aromatic rings. The van der Waals surface area contributed by atoms with Crippen molar-refractivity contribution in [1.82, 2.24) is 4.90 Å². The summed E-state index contributed by atoms with van der Waals surface area (Å²) in [5, 5.41) is 0. The number of unbranched alkanes of at least 4 members (excludes halogenated alkanes) is 1. The van der Waals surface area contributed by atoms with Crippen LogP contribution in [-0.2, 0) is 4.79 Å². The molecule has 0 heterocycles. The van der Waals surface area contributed by atoms with Gasteiger partial charge in [0.05, 0.1) is 0 Å². The second-order valence-electron chi connectivity index (χ2n) is 4.35. The molecule has 0 radical (unpaired) electrons. The highest BCUT2D eigenvalue weighted by Crippen LogP contribution is 2.27. The van der Waals surface area contributed by atoms with Gasteiger partial charge >= 0.3 is 0 Å². The van der Waals surface area contributed by atoms with Crippen LogP contribution in [0.1, 0.15) is 46.0 Å². The first-order valence-corrected chi connectivity index (χ1v) is 5.70. The average molecular weight is 198 g/mol. The molecule has 2 N–H and O–H groups in total. The van der Waals surface area contributed by atoms with Gasteiger partial charge in [0, 0.05) is 25.0 Å². The fourth-order valence-electron chi connectivity index (χ4n) is 1.62. The van der Waals surface area contributed by atoms with Crippen molar-refractivity contribution in [3.8, 4) is 0 Å². The van der Waals surface area contributed by atoms with Gasteiger partial charge in [0.2, 0.25) is 5.91 Å². The lowest BCUT2D eigenvalue weighted by Crippen LogP contribution is -2.37. The van der Waals surface area contributed by atoms with Crippen LogP contribution < -0.4 is 5.73 Å². The van der Waals surface area contributed by atoms with Gasteiger partial charge in [-0.1, -0.05) is 13.3 Å². The van der Waals surface area contributed by atoms with E-state index in [1.807, 2.05) is 11.8 Å². The van der Waals surface area contributed by atoms with Crippen LogP contribution in [0.25, 0.3) is 0 Å². The number of carbonyl (C=O) groups is 1. The van der Waals surface area contributed by atoms with Crippen molar-refractivity contribution in [2.45, 2.75) is 58.0 Å². The summed E-state index contributed by atoms with van der Waals surface area (Å²) in [4.78, 5) is 13.8. The van der Waals surface area contributed by atoms with Crippen LogP contribution in [0.3, 0.4) is 0 Å². The third-order valence-electron chi connectivity index (χ3n) is 2.56. The first kappa shape index (κ1) is 11.5. The Morgan fingerprint density at radius 2 is 2.21 bits per heavy atom. The van der Waals surface area contributed by atoms with E-state index < -0.39 is 0 Å². The minimum atomic E-state index is -0.00891. The summed E-state index contributed by atoms with van der Waals surface area (Å²) in [5.41, 5.74) is 5.63. The van der Waals surface area contributed by atoms with Crippen molar-refractivity contribution >= 4 is 5.91 Å². The highest BCUT2D eigenvalue weighted by Gasteiger charge is 2.31. The maximum atomic E-state index is 11.8. The molecule has 1 atom stereocenters. The Labute approximate surface area is 86.6 Å². The van der Waals surface area contributed by atoms with Crippen LogP contribution >= 0.6 is 0 Å². The van der Waals surface area contributed by atoms with E-state index in [-0.39, 0.29) is 11.9 Å². The summed E-state index contributed by atoms with van der Waals surface area (Å²) in [6.07, 6.45) is 5.14. The van der Waals surface area contributed by atoms with Crippen LogP contribution in [0, 0.1) is 0 Å². The number of nitrogens with zero attached hydrogens (tertiary/aromatic N) is 1. The molecule has 1 rings (SSSR count). The molecule has 0 aromatic carbocycles. The number of hydrogen-bond donors (Lipinski definition) is 1. The molecule has 0 bridgehead atoms. The minimum absolute atomic E-state index is 0.00891. The quantitative estimate of drug-likeness (QED) is 0.703. The Bertz CT molecular complexity index is 188. The first-order valence-electron chi connectivity index (χ1n) is 5.70. The van der Waals surface area contributed by atoms with Crippen molar-refractivity contribution in [2.75, 3.05) is 6.54 Å². The zero-order valence-electron chi connectivity index (χ0n) is 9.33. The molecular weight excluding hydrogens is 176 g/mol. The summed E-state index contributed by atoms with van der Waals surface area (Å²) in [5.74, 6) is 0.246. The molecule has 82 valence electrons. The van der Waals surface area contributed by atoms with Crippen molar-refractivity contribution in [3.05, 3.63) is 0 Å². The molecule has 1 amide bonds. The number of hydrogen-bond acceptors (Lipinski definition) is 2. The Morgan fingerprint density at radius 3 is 2.64 bits per heavy atom. The lowest BCUT2D eigenvalue weighted by Gasteiger charge is -2.23. The van der Waals surface area contributed by atoms with E-state index in [9.17, 15) is 4.79 Å². The highest BCUT2D eigenvalue weighted by molar-refractivity contribution is 5.77. The molecule has 1 unspecified atom stereocenters. The zero-order chi connectivity index (χ0) is 10.6. The molecule has 3 heteroatoms. The van der Waals surface area contributed by atoms with Crippen LogP contribution in [0.5, 0.6) is 0 Å². The predicted octanol–water partition coefficient (Wildman–Crippen LogP) is 1.51. The molecule has 1 saturated carbocycles. The maximum Gasteiger partial charge on any atom is 0.224 e. The van der Waals surface area contributed by atoms with Crippen molar-refractivity contribution in [3.63, 3.8) is 0 Å². The molecule has 1 fully saturated rings. The van der Waals surface area contributed by atoms with Crippen LogP contribution in [0.4, 0.5) is 0 Å². The molecule has 3 nitrogen and oxygen atoms in total. The summed E-state index contributed by atoms with van der Waals surface area (Å²) >= 11 is 0. The average Bonchev–Trinajstić information content (AvgIpc) is 2.87. The fraction of sp³-hybridized carbons (Fsp3) is 0.909. The van der Waals surface area contributed by atoms with E-state index in [0.717, 1.165) is 19.4 Å². The lowest BCUT2D eigenvalue weighted by molar-refractivity contribution is -0.132. The summed E-state index contributed by atoms with van der Waals surface area (Å²) in [7, 11) is 0. The normalized spacial score (nSPS) is 17.9. The fourth-order valence-corrected chi connectivity index (χ4v) is 1.62. The van der Waals surface area contributed by atoms with Gasteiger partial charge in [0.1, 0.15) is 0 Å².